The van der Waals surface area contributed by atoms with Crippen LogP contribution in [0.5, 0.6) is 5.75 Å². The van der Waals surface area contributed by atoms with E-state index in [4.69, 9.17) is 10.5 Å². The molecule has 1 aromatic rings. The first kappa shape index (κ1) is 15.0. The van der Waals surface area contributed by atoms with Crippen LogP contribution in [-0.4, -0.2) is 32.6 Å². The first-order valence-corrected chi connectivity index (χ1v) is 6.52. The third kappa shape index (κ3) is 3.47. The second-order valence-electron chi connectivity index (χ2n) is 5.11. The molecule has 0 radical (unpaired) electrons. The first-order chi connectivity index (χ1) is 8.51. The molecule has 1 rings (SSSR count). The van der Waals surface area contributed by atoms with Crippen molar-refractivity contribution in [2.24, 2.45) is 5.73 Å². The van der Waals surface area contributed by atoms with Gasteiger partial charge in [-0.2, -0.15) is 0 Å². The summed E-state index contributed by atoms with van der Waals surface area (Å²) in [5.41, 5.74) is 9.47. The standard InChI is InChI=1S/C15H26N2O/c1-11-9-12(2)15(14(10-11)18-5)13(17(3)4)7-6-8-16/h9-10,13H,6-8,16H2,1-5H3. The molecule has 1 atom stereocenters. The topological polar surface area (TPSA) is 38.5 Å². The van der Waals surface area contributed by atoms with E-state index in [9.17, 15) is 0 Å². The van der Waals surface area contributed by atoms with Crippen molar-refractivity contribution in [1.82, 2.24) is 4.90 Å². The highest BCUT2D eigenvalue weighted by Gasteiger charge is 2.20. The summed E-state index contributed by atoms with van der Waals surface area (Å²) in [4.78, 5) is 2.25. The summed E-state index contributed by atoms with van der Waals surface area (Å²) < 4.78 is 5.56. The lowest BCUT2D eigenvalue weighted by Gasteiger charge is -2.28. The monoisotopic (exact) mass is 250 g/mol. The Morgan fingerprint density at radius 3 is 2.44 bits per heavy atom. The van der Waals surface area contributed by atoms with Crippen LogP contribution in [0.2, 0.25) is 0 Å². The molecule has 1 unspecified atom stereocenters. The largest absolute Gasteiger partial charge is 0.496 e. The Kier molecular flexibility index (Phi) is 5.63. The van der Waals surface area contributed by atoms with Crippen LogP contribution in [0.15, 0.2) is 12.1 Å². The molecule has 3 heteroatoms. The van der Waals surface area contributed by atoms with E-state index in [-0.39, 0.29) is 0 Å². The summed E-state index contributed by atoms with van der Waals surface area (Å²) in [7, 11) is 5.97. The third-order valence-corrected chi connectivity index (χ3v) is 3.35. The maximum Gasteiger partial charge on any atom is 0.124 e. The molecule has 0 aromatic heterocycles. The number of hydrogen-bond acceptors (Lipinski definition) is 3. The van der Waals surface area contributed by atoms with Gasteiger partial charge in [-0.25, -0.2) is 0 Å². The molecule has 0 aliphatic rings. The number of aryl methyl sites for hydroxylation is 2. The number of ether oxygens (including phenoxy) is 1. The van der Waals surface area contributed by atoms with Crippen LogP contribution >= 0.6 is 0 Å². The van der Waals surface area contributed by atoms with E-state index >= 15 is 0 Å². The Balaban J connectivity index is 3.17. The van der Waals surface area contributed by atoms with Crippen molar-refractivity contribution in [3.05, 3.63) is 28.8 Å². The normalized spacial score (nSPS) is 12.8. The van der Waals surface area contributed by atoms with Crippen molar-refractivity contribution in [1.29, 1.82) is 0 Å². The maximum atomic E-state index is 5.64. The Hall–Kier alpha value is -1.06. The molecule has 0 spiro atoms. The fourth-order valence-electron chi connectivity index (χ4n) is 2.51. The van der Waals surface area contributed by atoms with Gasteiger partial charge in [-0.3, -0.25) is 0 Å². The van der Waals surface area contributed by atoms with Crippen LogP contribution in [0.3, 0.4) is 0 Å². The fourth-order valence-corrected chi connectivity index (χ4v) is 2.51. The van der Waals surface area contributed by atoms with Crippen molar-refractivity contribution < 1.29 is 4.74 Å². The summed E-state index contributed by atoms with van der Waals surface area (Å²) in [5.74, 6) is 0.989. The minimum atomic E-state index is 0.365. The average Bonchev–Trinajstić information content (AvgIpc) is 2.30. The van der Waals surface area contributed by atoms with Gasteiger partial charge >= 0.3 is 0 Å². The van der Waals surface area contributed by atoms with E-state index in [0.29, 0.717) is 6.04 Å². The molecule has 0 aliphatic carbocycles. The highest BCUT2D eigenvalue weighted by Crippen LogP contribution is 2.34. The molecule has 0 bridgehead atoms. The molecule has 102 valence electrons. The van der Waals surface area contributed by atoms with Crippen LogP contribution in [0, 0.1) is 13.8 Å². The predicted molar refractivity (Wildman–Crippen MR) is 77.2 cm³/mol. The van der Waals surface area contributed by atoms with Gasteiger partial charge in [-0.05, 0) is 64.5 Å². The second kappa shape index (κ2) is 6.76. The molecule has 0 saturated carbocycles. The van der Waals surface area contributed by atoms with E-state index in [1.54, 1.807) is 7.11 Å². The van der Waals surface area contributed by atoms with E-state index < -0.39 is 0 Å². The molecule has 0 heterocycles. The quantitative estimate of drug-likeness (QED) is 0.843. The SMILES string of the molecule is COc1cc(C)cc(C)c1C(CCCN)N(C)C. The number of rotatable bonds is 6. The van der Waals surface area contributed by atoms with Gasteiger partial charge in [0.1, 0.15) is 5.75 Å². The highest BCUT2D eigenvalue weighted by atomic mass is 16.5. The van der Waals surface area contributed by atoms with E-state index in [2.05, 4.69) is 45.0 Å². The lowest BCUT2D eigenvalue weighted by atomic mass is 9.94. The number of benzene rings is 1. The Morgan fingerprint density at radius 1 is 1.28 bits per heavy atom. The molecular formula is C15H26N2O. The molecule has 0 aliphatic heterocycles. The summed E-state index contributed by atoms with van der Waals surface area (Å²) in [6, 6.07) is 4.70. The number of nitrogens with two attached hydrogens (primary N) is 1. The van der Waals surface area contributed by atoms with E-state index in [0.717, 1.165) is 25.1 Å². The Morgan fingerprint density at radius 2 is 1.94 bits per heavy atom. The van der Waals surface area contributed by atoms with Crippen LogP contribution in [-0.2, 0) is 0 Å². The molecule has 0 saturated heterocycles. The molecule has 0 amide bonds. The van der Waals surface area contributed by atoms with Gasteiger partial charge in [-0.15, -0.1) is 0 Å². The zero-order valence-electron chi connectivity index (χ0n) is 12.3. The van der Waals surface area contributed by atoms with Gasteiger partial charge in [0, 0.05) is 11.6 Å². The van der Waals surface area contributed by atoms with Gasteiger partial charge < -0.3 is 15.4 Å². The smallest absolute Gasteiger partial charge is 0.124 e. The molecule has 2 N–H and O–H groups in total. The lowest BCUT2D eigenvalue weighted by Crippen LogP contribution is -2.22. The van der Waals surface area contributed by atoms with Crippen LogP contribution in [0.1, 0.15) is 35.6 Å². The minimum Gasteiger partial charge on any atom is -0.496 e. The lowest BCUT2D eigenvalue weighted by molar-refractivity contribution is 0.270. The van der Waals surface area contributed by atoms with Gasteiger partial charge in [0.15, 0.2) is 0 Å². The van der Waals surface area contributed by atoms with Crippen molar-refractivity contribution in [2.75, 3.05) is 27.7 Å². The maximum absolute atomic E-state index is 5.64. The van der Waals surface area contributed by atoms with Crippen LogP contribution in [0.25, 0.3) is 0 Å². The second-order valence-corrected chi connectivity index (χ2v) is 5.11. The fraction of sp³-hybridized carbons (Fsp3) is 0.600. The molecule has 0 fully saturated rings. The van der Waals surface area contributed by atoms with Gasteiger partial charge in [0.25, 0.3) is 0 Å². The zero-order valence-corrected chi connectivity index (χ0v) is 12.3. The first-order valence-electron chi connectivity index (χ1n) is 6.52. The van der Waals surface area contributed by atoms with Crippen molar-refractivity contribution in [3.8, 4) is 5.75 Å². The highest BCUT2D eigenvalue weighted by molar-refractivity contribution is 5.45. The van der Waals surface area contributed by atoms with Crippen molar-refractivity contribution in [2.45, 2.75) is 32.7 Å². The molecule has 18 heavy (non-hydrogen) atoms. The number of hydrogen-bond donors (Lipinski definition) is 1. The minimum absolute atomic E-state index is 0.365. The zero-order chi connectivity index (χ0) is 13.7. The summed E-state index contributed by atoms with van der Waals surface area (Å²) in [6.45, 7) is 4.99. The van der Waals surface area contributed by atoms with Crippen molar-refractivity contribution >= 4 is 0 Å². The predicted octanol–water partition coefficient (Wildman–Crippen LogP) is 2.65. The van der Waals surface area contributed by atoms with E-state index in [1.165, 1.54) is 16.7 Å². The number of methoxy groups -OCH3 is 1. The van der Waals surface area contributed by atoms with Gasteiger partial charge in [0.2, 0.25) is 0 Å². The van der Waals surface area contributed by atoms with Crippen molar-refractivity contribution in [3.63, 3.8) is 0 Å². The van der Waals surface area contributed by atoms with Crippen LogP contribution < -0.4 is 10.5 Å². The summed E-state index contributed by atoms with van der Waals surface area (Å²) >= 11 is 0. The van der Waals surface area contributed by atoms with E-state index in [1.807, 2.05) is 0 Å². The average molecular weight is 250 g/mol. The van der Waals surface area contributed by atoms with Gasteiger partial charge in [-0.1, -0.05) is 6.07 Å². The third-order valence-electron chi connectivity index (χ3n) is 3.35. The molecule has 3 nitrogen and oxygen atoms in total. The summed E-state index contributed by atoms with van der Waals surface area (Å²) in [6.07, 6.45) is 2.09. The Labute approximate surface area is 111 Å². The van der Waals surface area contributed by atoms with Crippen LogP contribution in [0.4, 0.5) is 0 Å². The molecule has 1 aromatic carbocycles. The summed E-state index contributed by atoms with van der Waals surface area (Å²) in [5, 5.41) is 0. The Bertz CT molecular complexity index is 388. The van der Waals surface area contributed by atoms with Gasteiger partial charge in [0.05, 0.1) is 7.11 Å². The molecular weight excluding hydrogens is 224 g/mol. The number of nitrogens with zero attached hydrogens (tertiary/aromatic N) is 1.